The van der Waals surface area contributed by atoms with E-state index in [-0.39, 0.29) is 48.0 Å². The van der Waals surface area contributed by atoms with E-state index in [9.17, 15) is 0 Å². The Morgan fingerprint density at radius 2 is 2.09 bits per heavy atom. The van der Waals surface area contributed by atoms with Crippen LogP contribution in [-0.2, 0) is 6.54 Å². The van der Waals surface area contributed by atoms with E-state index in [2.05, 4.69) is 16.5 Å². The predicted molar refractivity (Wildman–Crippen MR) is 68.1 cm³/mol. The molecule has 1 aromatic heterocycles. The molecule has 1 aromatic rings. The third kappa shape index (κ3) is 4.29. The molecular weight excluding hydrogens is 366 g/mol. The second-order valence-corrected chi connectivity index (χ2v) is 2.17. The molecule has 0 aliphatic rings. The number of halogens is 2. The first kappa shape index (κ1) is 14.2. The van der Waals surface area contributed by atoms with E-state index in [0.29, 0.717) is 0 Å². The van der Waals surface area contributed by atoms with Crippen molar-refractivity contribution in [2.45, 2.75) is 26.8 Å². The molecule has 0 unspecified atom stereocenters. The van der Waals surface area contributed by atoms with Crippen LogP contribution < -0.4 is 0 Å². The van der Waals surface area contributed by atoms with Gasteiger partial charge in [-0.3, -0.25) is 0 Å². The summed E-state index contributed by atoms with van der Waals surface area (Å²) in [5.74, 6) is 1.11. The van der Waals surface area contributed by atoms with Gasteiger partial charge in [-0.2, -0.15) is 0 Å². The van der Waals surface area contributed by atoms with Crippen LogP contribution in [-0.4, -0.2) is 9.55 Å². The van der Waals surface area contributed by atoms with Gasteiger partial charge in [-0.1, -0.05) is 6.92 Å². The molecule has 0 bridgehead atoms. The molecular formula is C7H14I2N2. The van der Waals surface area contributed by atoms with Gasteiger partial charge in [-0.05, 0) is 13.3 Å². The smallest absolute Gasteiger partial charge is 0.105 e. The van der Waals surface area contributed by atoms with Gasteiger partial charge in [0.15, 0.2) is 0 Å². The Balaban J connectivity index is 0. The highest BCUT2D eigenvalue weighted by atomic mass is 127. The quantitative estimate of drug-likeness (QED) is 0.722. The summed E-state index contributed by atoms with van der Waals surface area (Å²) in [4.78, 5) is 4.10. The van der Waals surface area contributed by atoms with Gasteiger partial charge in [0.05, 0.1) is 0 Å². The van der Waals surface area contributed by atoms with Gasteiger partial charge in [-0.25, -0.2) is 4.98 Å². The van der Waals surface area contributed by atoms with Crippen molar-refractivity contribution in [3.8, 4) is 0 Å². The summed E-state index contributed by atoms with van der Waals surface area (Å²) in [5, 5.41) is 0. The number of hydrogen-bond donors (Lipinski definition) is 0. The number of nitrogens with zero attached hydrogens (tertiary/aromatic N) is 2. The summed E-state index contributed by atoms with van der Waals surface area (Å²) in [6.45, 7) is 5.28. The average Bonchev–Trinajstić information content (AvgIpc) is 2.18. The SMILES string of the molecule is CCCn1ccnc1C.I.I. The Morgan fingerprint density at radius 3 is 2.45 bits per heavy atom. The van der Waals surface area contributed by atoms with Crippen molar-refractivity contribution in [2.24, 2.45) is 0 Å². The fourth-order valence-corrected chi connectivity index (χ4v) is 0.881. The van der Waals surface area contributed by atoms with Crippen molar-refractivity contribution in [1.29, 1.82) is 0 Å². The molecule has 0 spiro atoms. The van der Waals surface area contributed by atoms with Gasteiger partial charge in [0.1, 0.15) is 5.82 Å². The second kappa shape index (κ2) is 7.33. The summed E-state index contributed by atoms with van der Waals surface area (Å²) in [5.41, 5.74) is 0. The third-order valence-electron chi connectivity index (χ3n) is 1.39. The Kier molecular flexibility index (Phi) is 9.46. The summed E-state index contributed by atoms with van der Waals surface area (Å²) >= 11 is 0. The Bertz CT molecular complexity index is 186. The normalized spacial score (nSPS) is 8.18. The maximum absolute atomic E-state index is 4.10. The van der Waals surface area contributed by atoms with E-state index < -0.39 is 0 Å². The molecule has 0 radical (unpaired) electrons. The maximum atomic E-state index is 4.10. The maximum Gasteiger partial charge on any atom is 0.105 e. The number of aromatic nitrogens is 2. The number of hydrogen-bond acceptors (Lipinski definition) is 1. The lowest BCUT2D eigenvalue weighted by molar-refractivity contribution is 0.658. The molecule has 11 heavy (non-hydrogen) atoms. The number of aryl methyl sites for hydroxylation is 2. The molecule has 4 heteroatoms. The van der Waals surface area contributed by atoms with Gasteiger partial charge in [0, 0.05) is 18.9 Å². The molecule has 0 atom stereocenters. The first-order valence-corrected chi connectivity index (χ1v) is 3.32. The van der Waals surface area contributed by atoms with Crippen LogP contribution in [0.3, 0.4) is 0 Å². The van der Waals surface area contributed by atoms with Crippen molar-refractivity contribution >= 4 is 48.0 Å². The Morgan fingerprint density at radius 1 is 1.45 bits per heavy atom. The molecule has 0 saturated heterocycles. The molecule has 0 aliphatic carbocycles. The molecule has 0 amide bonds. The van der Waals surface area contributed by atoms with Crippen LogP contribution in [0.4, 0.5) is 0 Å². The third-order valence-corrected chi connectivity index (χ3v) is 1.39. The molecule has 0 saturated carbocycles. The van der Waals surface area contributed by atoms with E-state index in [1.165, 1.54) is 6.42 Å². The number of imidazole rings is 1. The average molecular weight is 380 g/mol. The van der Waals surface area contributed by atoms with Crippen LogP contribution in [0.2, 0.25) is 0 Å². The predicted octanol–water partition coefficient (Wildman–Crippen LogP) is 2.84. The first-order valence-electron chi connectivity index (χ1n) is 3.32. The fraction of sp³-hybridized carbons (Fsp3) is 0.571. The fourth-order valence-electron chi connectivity index (χ4n) is 0.881. The van der Waals surface area contributed by atoms with Gasteiger partial charge >= 0.3 is 0 Å². The second-order valence-electron chi connectivity index (χ2n) is 2.17. The standard InChI is InChI=1S/C7H12N2.2HI/c1-3-5-9-6-4-8-7(9)2;;/h4,6H,3,5H2,1-2H3;2*1H. The molecule has 1 rings (SSSR count). The summed E-state index contributed by atoms with van der Waals surface area (Å²) < 4.78 is 2.15. The van der Waals surface area contributed by atoms with Crippen LogP contribution in [0, 0.1) is 6.92 Å². The monoisotopic (exact) mass is 380 g/mol. The van der Waals surface area contributed by atoms with Crippen LogP contribution in [0.1, 0.15) is 19.2 Å². The lowest BCUT2D eigenvalue weighted by atomic mass is 10.5. The molecule has 0 aliphatic heterocycles. The molecule has 0 N–H and O–H groups in total. The van der Waals surface area contributed by atoms with E-state index >= 15 is 0 Å². The minimum Gasteiger partial charge on any atom is -0.335 e. The minimum atomic E-state index is 0. The number of rotatable bonds is 2. The summed E-state index contributed by atoms with van der Waals surface area (Å²) in [6, 6.07) is 0. The topological polar surface area (TPSA) is 17.8 Å². The zero-order valence-corrected chi connectivity index (χ0v) is 11.4. The highest BCUT2D eigenvalue weighted by molar-refractivity contribution is 14.0. The summed E-state index contributed by atoms with van der Waals surface area (Å²) in [7, 11) is 0. The van der Waals surface area contributed by atoms with Crippen LogP contribution in [0.25, 0.3) is 0 Å². The van der Waals surface area contributed by atoms with E-state index in [1.807, 2.05) is 19.3 Å². The van der Waals surface area contributed by atoms with E-state index in [0.717, 1.165) is 12.4 Å². The van der Waals surface area contributed by atoms with Crippen LogP contribution >= 0.6 is 48.0 Å². The highest BCUT2D eigenvalue weighted by Gasteiger charge is 1.91. The van der Waals surface area contributed by atoms with Crippen LogP contribution in [0.15, 0.2) is 12.4 Å². The molecule has 0 aromatic carbocycles. The zero-order chi connectivity index (χ0) is 6.69. The molecule has 0 fully saturated rings. The highest BCUT2D eigenvalue weighted by Crippen LogP contribution is 1.95. The Hall–Kier alpha value is 0.670. The van der Waals surface area contributed by atoms with Crippen molar-refractivity contribution in [1.82, 2.24) is 9.55 Å². The van der Waals surface area contributed by atoms with Crippen molar-refractivity contribution in [3.63, 3.8) is 0 Å². The van der Waals surface area contributed by atoms with Crippen LogP contribution in [0.5, 0.6) is 0 Å². The van der Waals surface area contributed by atoms with E-state index in [4.69, 9.17) is 0 Å². The van der Waals surface area contributed by atoms with Gasteiger partial charge in [0.2, 0.25) is 0 Å². The van der Waals surface area contributed by atoms with E-state index in [1.54, 1.807) is 0 Å². The molecule has 1 heterocycles. The minimum absolute atomic E-state index is 0. The van der Waals surface area contributed by atoms with Crippen molar-refractivity contribution in [2.75, 3.05) is 0 Å². The first-order chi connectivity index (χ1) is 4.34. The van der Waals surface area contributed by atoms with Gasteiger partial charge in [0.25, 0.3) is 0 Å². The lowest BCUT2D eigenvalue weighted by Gasteiger charge is -1.99. The molecule has 66 valence electrons. The lowest BCUT2D eigenvalue weighted by Crippen LogP contribution is -1.96. The van der Waals surface area contributed by atoms with Gasteiger partial charge in [-0.15, -0.1) is 48.0 Å². The van der Waals surface area contributed by atoms with Gasteiger partial charge < -0.3 is 4.57 Å². The zero-order valence-electron chi connectivity index (χ0n) is 6.78. The largest absolute Gasteiger partial charge is 0.335 e. The summed E-state index contributed by atoms with van der Waals surface area (Å²) in [6.07, 6.45) is 5.03. The Labute approximate surface area is 102 Å². The van der Waals surface area contributed by atoms with Crippen molar-refractivity contribution < 1.29 is 0 Å². The van der Waals surface area contributed by atoms with Crippen molar-refractivity contribution in [3.05, 3.63) is 18.2 Å². The molecule has 2 nitrogen and oxygen atoms in total.